The van der Waals surface area contributed by atoms with Crippen molar-refractivity contribution in [2.24, 2.45) is 4.99 Å². The second-order valence-corrected chi connectivity index (χ2v) is 16.6. The summed E-state index contributed by atoms with van der Waals surface area (Å²) in [5, 5.41) is 7.74. The first-order chi connectivity index (χ1) is 30.4. The Morgan fingerprint density at radius 2 is 1.32 bits per heavy atom. The van der Waals surface area contributed by atoms with Crippen molar-refractivity contribution in [2.45, 2.75) is 45.4 Å². The van der Waals surface area contributed by atoms with Crippen molar-refractivity contribution in [3.63, 3.8) is 0 Å². The number of anilines is 1. The number of benzene rings is 7. The molecule has 0 fully saturated rings. The SMILES string of the molecule is C=Nc1c(Cc2ccccc2)oc2ccc(-c3ccc4oc5ccc(-n6c7c(c8ccccc86)C=CCC7C)cc5c4c3)cc12.CNc1ccccc1-c1ccccc1C(C)C. The second kappa shape index (κ2) is 16.2. The average molecular weight is 808 g/mol. The molecule has 0 radical (unpaired) electrons. The van der Waals surface area contributed by atoms with Gasteiger partial charge in [0.05, 0.1) is 5.52 Å². The van der Waals surface area contributed by atoms with Crippen LogP contribution in [0.4, 0.5) is 11.4 Å². The molecule has 0 aliphatic heterocycles. The van der Waals surface area contributed by atoms with Crippen LogP contribution >= 0.6 is 0 Å². The predicted molar refractivity (Wildman–Crippen MR) is 262 cm³/mol. The molecule has 1 unspecified atom stereocenters. The van der Waals surface area contributed by atoms with Crippen molar-refractivity contribution in [2.75, 3.05) is 12.4 Å². The van der Waals surface area contributed by atoms with Crippen LogP contribution in [0.1, 0.15) is 67.2 Å². The second-order valence-electron chi connectivity index (χ2n) is 16.6. The molecule has 7 aromatic carbocycles. The van der Waals surface area contributed by atoms with Gasteiger partial charge >= 0.3 is 0 Å². The molecular weight excluding hydrogens is 759 g/mol. The number of hydrogen-bond donors (Lipinski definition) is 1. The minimum atomic E-state index is 0.432. The first kappa shape index (κ1) is 38.8. The quantitative estimate of drug-likeness (QED) is 0.156. The lowest BCUT2D eigenvalue weighted by atomic mass is 9.92. The number of allylic oxidation sites excluding steroid dienone is 1. The van der Waals surface area contributed by atoms with E-state index in [4.69, 9.17) is 8.83 Å². The maximum absolute atomic E-state index is 6.34. The van der Waals surface area contributed by atoms with Gasteiger partial charge in [-0.05, 0) is 101 Å². The number of aliphatic imine (C=N–C) groups is 1. The van der Waals surface area contributed by atoms with Gasteiger partial charge in [-0.25, -0.2) is 0 Å². The summed E-state index contributed by atoms with van der Waals surface area (Å²) in [5.41, 5.74) is 17.1. The van der Waals surface area contributed by atoms with Crippen molar-refractivity contribution < 1.29 is 8.83 Å². The van der Waals surface area contributed by atoms with Crippen molar-refractivity contribution >= 4 is 68.0 Å². The van der Waals surface area contributed by atoms with E-state index in [1.165, 1.54) is 50.1 Å². The van der Waals surface area contributed by atoms with Gasteiger partial charge in [-0.15, -0.1) is 0 Å². The monoisotopic (exact) mass is 807 g/mol. The van der Waals surface area contributed by atoms with E-state index in [1.807, 2.05) is 31.3 Å². The first-order valence-corrected chi connectivity index (χ1v) is 21.6. The maximum Gasteiger partial charge on any atom is 0.136 e. The van der Waals surface area contributed by atoms with Crippen molar-refractivity contribution in [3.05, 3.63) is 192 Å². The van der Waals surface area contributed by atoms with Gasteiger partial charge in [-0.1, -0.05) is 136 Å². The van der Waals surface area contributed by atoms with E-state index in [0.717, 1.165) is 67.6 Å². The van der Waals surface area contributed by atoms with Crippen LogP contribution in [0.2, 0.25) is 0 Å². The molecule has 1 N–H and O–H groups in total. The molecule has 1 aliphatic rings. The first-order valence-electron chi connectivity index (χ1n) is 21.6. The highest BCUT2D eigenvalue weighted by Crippen LogP contribution is 2.42. The van der Waals surface area contributed by atoms with Gasteiger partial charge in [0.2, 0.25) is 0 Å². The van der Waals surface area contributed by atoms with Crippen LogP contribution in [-0.4, -0.2) is 18.3 Å². The van der Waals surface area contributed by atoms with Crippen LogP contribution in [-0.2, 0) is 6.42 Å². The van der Waals surface area contributed by atoms with Gasteiger partial charge in [0, 0.05) is 69.1 Å². The van der Waals surface area contributed by atoms with Crippen molar-refractivity contribution in [3.8, 4) is 27.9 Å². The fraction of sp³-hybridized carbons (Fsp3) is 0.140. The molecule has 5 heteroatoms. The normalized spacial score (nSPS) is 13.5. The zero-order valence-corrected chi connectivity index (χ0v) is 35.7. The molecule has 5 nitrogen and oxygen atoms in total. The number of hydrogen-bond acceptors (Lipinski definition) is 4. The largest absolute Gasteiger partial charge is 0.458 e. The number of fused-ring (bicyclic) bond motifs is 7. The molecular formula is C57H49N3O2. The van der Waals surface area contributed by atoms with E-state index in [2.05, 4.69) is 188 Å². The minimum absolute atomic E-state index is 0.432. The van der Waals surface area contributed by atoms with Gasteiger partial charge in [0.1, 0.15) is 28.2 Å². The van der Waals surface area contributed by atoms with Crippen LogP contribution in [0.15, 0.2) is 178 Å². The standard InChI is InChI=1S/C41H30N2O2.C16H19N/c1-25-9-8-13-31-30-12-6-7-14-35(30)43(41(25)31)29-17-20-37-33(24-29)32-22-27(15-18-36(32)44-37)28-16-19-38-34(23-28)40(42-2)39(45-38)21-26-10-4-3-5-11-26;1-12(2)13-8-4-5-9-14(13)15-10-6-7-11-16(15)17-3/h3-8,10-20,22-25H,2,9,21H2,1H3;4-12,17H,1-3H3. The molecule has 1 atom stereocenters. The fourth-order valence-electron chi connectivity index (χ4n) is 9.38. The lowest BCUT2D eigenvalue weighted by Crippen LogP contribution is -2.06. The number of furan rings is 2. The van der Waals surface area contributed by atoms with Crippen LogP contribution in [0.3, 0.4) is 0 Å². The topological polar surface area (TPSA) is 55.6 Å². The molecule has 11 rings (SSSR count). The molecule has 0 spiro atoms. The Bertz CT molecular complexity index is 3300. The molecule has 1 aliphatic carbocycles. The maximum atomic E-state index is 6.34. The number of aromatic nitrogens is 1. The summed E-state index contributed by atoms with van der Waals surface area (Å²) < 4.78 is 15.1. The van der Waals surface area contributed by atoms with Crippen LogP contribution < -0.4 is 5.32 Å². The summed E-state index contributed by atoms with van der Waals surface area (Å²) in [6.07, 6.45) is 6.31. The summed E-state index contributed by atoms with van der Waals surface area (Å²) in [6, 6.07) is 55.5. The number of rotatable bonds is 8. The van der Waals surface area contributed by atoms with E-state index in [1.54, 1.807) is 0 Å². The molecule has 3 heterocycles. The van der Waals surface area contributed by atoms with Gasteiger partial charge in [-0.3, -0.25) is 4.99 Å². The molecule has 3 aromatic heterocycles. The third-order valence-corrected chi connectivity index (χ3v) is 12.4. The van der Waals surface area contributed by atoms with Gasteiger partial charge < -0.3 is 18.7 Å². The number of nitrogens with one attached hydrogen (secondary N) is 1. The molecule has 10 aromatic rings. The Balaban J connectivity index is 0.000000227. The van der Waals surface area contributed by atoms with Crippen molar-refractivity contribution in [1.82, 2.24) is 4.57 Å². The molecule has 304 valence electrons. The Labute approximate surface area is 362 Å². The smallest absolute Gasteiger partial charge is 0.136 e. The zero-order chi connectivity index (χ0) is 42.3. The van der Waals surface area contributed by atoms with Crippen LogP contribution in [0.5, 0.6) is 0 Å². The molecule has 0 saturated carbocycles. The Kier molecular flexibility index (Phi) is 10.2. The molecule has 0 saturated heterocycles. The fourth-order valence-corrected chi connectivity index (χ4v) is 9.38. The summed E-state index contributed by atoms with van der Waals surface area (Å²) in [5.74, 6) is 1.80. The summed E-state index contributed by atoms with van der Waals surface area (Å²) >= 11 is 0. The van der Waals surface area contributed by atoms with E-state index in [-0.39, 0.29) is 0 Å². The minimum Gasteiger partial charge on any atom is -0.458 e. The van der Waals surface area contributed by atoms with Crippen molar-refractivity contribution in [1.29, 1.82) is 0 Å². The summed E-state index contributed by atoms with van der Waals surface area (Å²) in [7, 11) is 1.97. The van der Waals surface area contributed by atoms with Gasteiger partial charge in [-0.2, -0.15) is 0 Å². The highest BCUT2D eigenvalue weighted by Gasteiger charge is 2.24. The van der Waals surface area contributed by atoms with E-state index in [0.29, 0.717) is 18.3 Å². The molecule has 0 amide bonds. The molecule has 0 bridgehead atoms. The van der Waals surface area contributed by atoms with Crippen LogP contribution in [0.25, 0.3) is 77.8 Å². The highest BCUT2D eigenvalue weighted by molar-refractivity contribution is 6.08. The lowest BCUT2D eigenvalue weighted by Gasteiger charge is -2.19. The third kappa shape index (κ3) is 6.90. The number of nitrogens with zero attached hydrogens (tertiary/aromatic N) is 2. The van der Waals surface area contributed by atoms with Crippen LogP contribution in [0, 0.1) is 0 Å². The number of para-hydroxylation sites is 2. The summed E-state index contributed by atoms with van der Waals surface area (Å²) in [4.78, 5) is 4.40. The average Bonchev–Trinajstić information content (AvgIpc) is 3.98. The summed E-state index contributed by atoms with van der Waals surface area (Å²) in [6.45, 7) is 10.7. The zero-order valence-electron chi connectivity index (χ0n) is 35.7. The Morgan fingerprint density at radius 3 is 2.08 bits per heavy atom. The highest BCUT2D eigenvalue weighted by atomic mass is 16.3. The third-order valence-electron chi connectivity index (χ3n) is 12.4. The molecule has 62 heavy (non-hydrogen) atoms. The predicted octanol–water partition coefficient (Wildman–Crippen LogP) is 15.9. The van der Waals surface area contributed by atoms with E-state index in [9.17, 15) is 0 Å². The van der Waals surface area contributed by atoms with E-state index < -0.39 is 0 Å². The van der Waals surface area contributed by atoms with E-state index >= 15 is 0 Å². The Hall–Kier alpha value is -7.37. The lowest BCUT2D eigenvalue weighted by molar-refractivity contribution is 0.564. The van der Waals surface area contributed by atoms with Gasteiger partial charge in [0.25, 0.3) is 0 Å². The Morgan fingerprint density at radius 1 is 0.677 bits per heavy atom. The van der Waals surface area contributed by atoms with Gasteiger partial charge in [0.15, 0.2) is 0 Å².